The van der Waals surface area contributed by atoms with Crippen molar-refractivity contribution in [3.8, 4) is 5.75 Å². The molecule has 0 aliphatic heterocycles. The van der Waals surface area contributed by atoms with Crippen molar-refractivity contribution < 1.29 is 13.2 Å². The summed E-state index contributed by atoms with van der Waals surface area (Å²) in [6, 6.07) is 1.78. The number of aromatic nitrogens is 1. The summed E-state index contributed by atoms with van der Waals surface area (Å²) in [7, 11) is -3.49. The van der Waals surface area contributed by atoms with Crippen molar-refractivity contribution in [2.75, 3.05) is 12.4 Å². The van der Waals surface area contributed by atoms with E-state index in [9.17, 15) is 8.42 Å². The minimum Gasteiger partial charge on any atom is -0.492 e. The average molecular weight is 337 g/mol. The van der Waals surface area contributed by atoms with E-state index in [1.165, 1.54) is 0 Å². The Kier molecular flexibility index (Phi) is 5.55. The molecule has 0 aliphatic rings. The number of hydrogen-bond acceptors (Lipinski definition) is 4. The monoisotopic (exact) mass is 336 g/mol. The van der Waals surface area contributed by atoms with Crippen molar-refractivity contribution in [2.45, 2.75) is 13.8 Å². The number of ether oxygens (including phenoxy) is 1. The van der Waals surface area contributed by atoms with Crippen LogP contribution in [0.2, 0.25) is 0 Å². The Hall–Kier alpha value is -0.660. The molecular weight excluding hydrogens is 320 g/mol. The van der Waals surface area contributed by atoms with Gasteiger partial charge in [0.05, 0.1) is 18.6 Å². The van der Waals surface area contributed by atoms with Crippen LogP contribution < -0.4 is 9.88 Å². The van der Waals surface area contributed by atoms with E-state index in [4.69, 9.17) is 9.88 Å². The summed E-state index contributed by atoms with van der Waals surface area (Å²) in [5.74, 6) is 0.554. The molecule has 0 radical (unpaired) electrons. The summed E-state index contributed by atoms with van der Waals surface area (Å²) in [6.45, 7) is 4.18. The Morgan fingerprint density at radius 1 is 1.44 bits per heavy atom. The van der Waals surface area contributed by atoms with Crippen LogP contribution in [0.4, 0.5) is 0 Å². The van der Waals surface area contributed by atoms with E-state index in [1.807, 2.05) is 13.8 Å². The van der Waals surface area contributed by atoms with Crippen LogP contribution in [0.25, 0.3) is 0 Å². The number of nitrogens with two attached hydrogens (primary N) is 1. The van der Waals surface area contributed by atoms with Gasteiger partial charge < -0.3 is 4.74 Å². The lowest BCUT2D eigenvalue weighted by Crippen LogP contribution is -2.30. The first-order valence-corrected chi connectivity index (χ1v) is 8.02. The summed E-state index contributed by atoms with van der Waals surface area (Å²) in [6.07, 6.45) is 3.23. The van der Waals surface area contributed by atoms with Gasteiger partial charge in [-0.05, 0) is 27.9 Å². The van der Waals surface area contributed by atoms with Gasteiger partial charge >= 0.3 is 0 Å². The summed E-state index contributed by atoms with van der Waals surface area (Å²) < 4.78 is 28.6. The van der Waals surface area contributed by atoms with Gasteiger partial charge in [0, 0.05) is 16.6 Å². The van der Waals surface area contributed by atoms with Crippen molar-refractivity contribution in [1.82, 2.24) is 4.98 Å². The Balaban J connectivity index is 2.63. The van der Waals surface area contributed by atoms with Gasteiger partial charge in [0.2, 0.25) is 10.0 Å². The van der Waals surface area contributed by atoms with Crippen LogP contribution in [-0.4, -0.2) is 25.8 Å². The van der Waals surface area contributed by atoms with Crippen LogP contribution in [0.15, 0.2) is 22.9 Å². The molecule has 1 aromatic rings. The zero-order valence-electron chi connectivity index (χ0n) is 10.3. The molecule has 0 aromatic carbocycles. The van der Waals surface area contributed by atoms with Crippen molar-refractivity contribution in [2.24, 2.45) is 17.0 Å². The lowest BCUT2D eigenvalue weighted by Gasteiger charge is -2.20. The van der Waals surface area contributed by atoms with Crippen LogP contribution in [0.5, 0.6) is 5.75 Å². The molecule has 1 atom stereocenters. The molecule has 18 heavy (non-hydrogen) atoms. The number of pyridine rings is 1. The summed E-state index contributed by atoms with van der Waals surface area (Å²) >= 11 is 3.29. The zero-order chi connectivity index (χ0) is 13.8. The van der Waals surface area contributed by atoms with Gasteiger partial charge in [0.25, 0.3) is 0 Å². The molecule has 0 aliphatic carbocycles. The number of nitrogens with zero attached hydrogens (tertiary/aromatic N) is 1. The van der Waals surface area contributed by atoms with E-state index >= 15 is 0 Å². The van der Waals surface area contributed by atoms with Crippen LogP contribution in [0.3, 0.4) is 0 Å². The quantitative estimate of drug-likeness (QED) is 0.858. The van der Waals surface area contributed by atoms with Crippen molar-refractivity contribution in [3.63, 3.8) is 0 Å². The minimum absolute atomic E-state index is 0.0773. The van der Waals surface area contributed by atoms with Crippen molar-refractivity contribution >= 4 is 26.0 Å². The minimum atomic E-state index is -3.49. The highest BCUT2D eigenvalue weighted by atomic mass is 79.9. The average Bonchev–Trinajstić information content (AvgIpc) is 2.22. The maximum absolute atomic E-state index is 11.1. The molecule has 0 saturated heterocycles. The fourth-order valence-electron chi connectivity index (χ4n) is 1.41. The van der Waals surface area contributed by atoms with Crippen molar-refractivity contribution in [1.29, 1.82) is 0 Å². The highest BCUT2D eigenvalue weighted by molar-refractivity contribution is 9.10. The third-order valence-corrected chi connectivity index (χ3v) is 3.86. The molecule has 0 saturated carbocycles. The third-order valence-electron chi connectivity index (χ3n) is 2.53. The molecule has 0 amide bonds. The zero-order valence-corrected chi connectivity index (χ0v) is 12.7. The SMILES string of the molecule is CC(C)C(COc1cncc(Br)c1)CS(N)(=O)=O. The summed E-state index contributed by atoms with van der Waals surface area (Å²) in [5.41, 5.74) is 0. The smallest absolute Gasteiger partial charge is 0.209 e. The lowest BCUT2D eigenvalue weighted by atomic mass is 9.99. The topological polar surface area (TPSA) is 82.3 Å². The predicted octanol–water partition coefficient (Wildman–Crippen LogP) is 1.78. The second kappa shape index (κ2) is 6.49. The molecule has 0 spiro atoms. The fourth-order valence-corrected chi connectivity index (χ4v) is 2.83. The molecule has 0 bridgehead atoms. The second-order valence-electron chi connectivity index (χ2n) is 4.48. The number of rotatable bonds is 6. The molecule has 0 fully saturated rings. The molecule has 102 valence electrons. The third kappa shape index (κ3) is 5.79. The second-order valence-corrected chi connectivity index (χ2v) is 7.06. The molecule has 1 unspecified atom stereocenters. The van der Waals surface area contributed by atoms with E-state index in [1.54, 1.807) is 18.5 Å². The van der Waals surface area contributed by atoms with Gasteiger partial charge in [0.1, 0.15) is 5.75 Å². The number of sulfonamides is 1. The van der Waals surface area contributed by atoms with E-state index in [-0.39, 0.29) is 17.6 Å². The van der Waals surface area contributed by atoms with Gasteiger partial charge in [-0.3, -0.25) is 4.98 Å². The Bertz CT molecular complexity index is 491. The molecule has 1 heterocycles. The van der Waals surface area contributed by atoms with E-state index < -0.39 is 10.0 Å². The number of halogens is 1. The van der Waals surface area contributed by atoms with Gasteiger partial charge in [0.15, 0.2) is 0 Å². The van der Waals surface area contributed by atoms with Crippen molar-refractivity contribution in [3.05, 3.63) is 22.9 Å². The molecule has 1 rings (SSSR count). The lowest BCUT2D eigenvalue weighted by molar-refractivity contribution is 0.224. The Morgan fingerprint density at radius 3 is 2.61 bits per heavy atom. The van der Waals surface area contributed by atoms with Crippen LogP contribution in [-0.2, 0) is 10.0 Å². The highest BCUT2D eigenvalue weighted by Gasteiger charge is 2.20. The Morgan fingerprint density at radius 2 is 2.11 bits per heavy atom. The highest BCUT2D eigenvalue weighted by Crippen LogP contribution is 2.19. The van der Waals surface area contributed by atoms with Crippen LogP contribution in [0, 0.1) is 11.8 Å². The first-order chi connectivity index (χ1) is 8.28. The van der Waals surface area contributed by atoms with Gasteiger partial charge in [-0.15, -0.1) is 0 Å². The Labute approximate surface area is 116 Å². The van der Waals surface area contributed by atoms with Crippen LogP contribution in [0.1, 0.15) is 13.8 Å². The largest absolute Gasteiger partial charge is 0.492 e. The van der Waals surface area contributed by atoms with E-state index in [2.05, 4.69) is 20.9 Å². The standard InChI is InChI=1S/C11H17BrN2O3S/c1-8(2)9(7-18(13,15)16)6-17-11-3-10(12)4-14-5-11/h3-5,8-9H,6-7H2,1-2H3,(H2,13,15,16). The molecule has 2 N–H and O–H groups in total. The van der Waals surface area contributed by atoms with Gasteiger partial charge in [-0.25, -0.2) is 13.6 Å². The summed E-state index contributed by atoms with van der Waals surface area (Å²) in [5, 5.41) is 5.06. The van der Waals surface area contributed by atoms with Crippen LogP contribution >= 0.6 is 15.9 Å². The van der Waals surface area contributed by atoms with E-state index in [0.717, 1.165) is 4.47 Å². The molecular formula is C11H17BrN2O3S. The molecule has 5 nitrogen and oxygen atoms in total. The maximum Gasteiger partial charge on any atom is 0.209 e. The first kappa shape index (κ1) is 15.4. The summed E-state index contributed by atoms with van der Waals surface area (Å²) in [4.78, 5) is 3.97. The van der Waals surface area contributed by atoms with E-state index in [0.29, 0.717) is 12.4 Å². The normalized spacial score (nSPS) is 13.6. The van der Waals surface area contributed by atoms with Gasteiger partial charge in [-0.2, -0.15) is 0 Å². The molecule has 7 heteroatoms. The predicted molar refractivity (Wildman–Crippen MR) is 73.7 cm³/mol. The maximum atomic E-state index is 11.1. The first-order valence-electron chi connectivity index (χ1n) is 5.52. The number of hydrogen-bond donors (Lipinski definition) is 1. The number of primary sulfonamides is 1. The fraction of sp³-hybridized carbons (Fsp3) is 0.545. The van der Waals surface area contributed by atoms with Gasteiger partial charge in [-0.1, -0.05) is 13.8 Å². The molecule has 1 aromatic heterocycles.